The molecule has 0 N–H and O–H groups in total. The van der Waals surface area contributed by atoms with Gasteiger partial charge in [-0.2, -0.15) is 0 Å². The Morgan fingerprint density at radius 2 is 1.74 bits per heavy atom. The van der Waals surface area contributed by atoms with Crippen LogP contribution >= 0.6 is 0 Å². The van der Waals surface area contributed by atoms with Gasteiger partial charge in [-0.1, -0.05) is 42.0 Å². The molecule has 1 fully saturated rings. The van der Waals surface area contributed by atoms with Gasteiger partial charge in [-0.15, -0.1) is 0 Å². The number of rotatable bonds is 7. The Hall–Kier alpha value is -4.17. The molecule has 0 bridgehead atoms. The van der Waals surface area contributed by atoms with E-state index in [9.17, 15) is 9.59 Å². The number of benzene rings is 2. The fraction of sp³-hybridized carbons (Fsp3) is 0.323. The van der Waals surface area contributed by atoms with Crippen LogP contribution in [0.3, 0.4) is 0 Å². The SMILES string of the molecule is COCCN(C)C(=O)c1ccc(N2CCN(C(=O)c3c(-c4ccccc4)n(C)c4ccc(C)cc34)CC2)nc1. The summed E-state index contributed by atoms with van der Waals surface area (Å²) in [5, 5.41) is 0.987. The minimum Gasteiger partial charge on any atom is -0.383 e. The van der Waals surface area contributed by atoms with E-state index >= 15 is 0 Å². The van der Waals surface area contributed by atoms with Crippen molar-refractivity contribution in [1.82, 2.24) is 19.4 Å². The molecule has 8 nitrogen and oxygen atoms in total. The van der Waals surface area contributed by atoms with Crippen LogP contribution < -0.4 is 4.90 Å². The van der Waals surface area contributed by atoms with Crippen molar-refractivity contribution in [2.45, 2.75) is 6.92 Å². The Bertz CT molecular complexity index is 1470. The van der Waals surface area contributed by atoms with Gasteiger partial charge in [-0.25, -0.2) is 4.98 Å². The molecule has 0 atom stereocenters. The molecule has 2 aromatic carbocycles. The fourth-order valence-corrected chi connectivity index (χ4v) is 5.26. The van der Waals surface area contributed by atoms with Gasteiger partial charge in [0.05, 0.1) is 23.4 Å². The molecule has 4 aromatic rings. The number of carbonyl (C=O) groups excluding carboxylic acids is 2. The second-order valence-electron chi connectivity index (χ2n) is 10.1. The van der Waals surface area contributed by atoms with Crippen molar-refractivity contribution in [3.63, 3.8) is 0 Å². The highest BCUT2D eigenvalue weighted by molar-refractivity contribution is 6.13. The topological polar surface area (TPSA) is 70.9 Å². The van der Waals surface area contributed by atoms with Crippen molar-refractivity contribution < 1.29 is 14.3 Å². The molecule has 0 aliphatic carbocycles. The first-order valence-electron chi connectivity index (χ1n) is 13.3. The summed E-state index contributed by atoms with van der Waals surface area (Å²) in [7, 11) is 5.41. The Balaban J connectivity index is 1.34. The van der Waals surface area contributed by atoms with Gasteiger partial charge in [0.25, 0.3) is 11.8 Å². The average molecular weight is 526 g/mol. The van der Waals surface area contributed by atoms with Gasteiger partial charge >= 0.3 is 0 Å². The molecule has 1 saturated heterocycles. The fourth-order valence-electron chi connectivity index (χ4n) is 5.26. The van der Waals surface area contributed by atoms with Crippen molar-refractivity contribution in [2.75, 3.05) is 58.4 Å². The molecule has 0 radical (unpaired) electrons. The number of piperazine rings is 1. The van der Waals surface area contributed by atoms with Gasteiger partial charge in [0.1, 0.15) is 5.82 Å². The first kappa shape index (κ1) is 26.4. The van der Waals surface area contributed by atoms with Crippen molar-refractivity contribution in [3.8, 4) is 11.3 Å². The molecule has 5 rings (SSSR count). The standard InChI is InChI=1S/C31H35N5O3/c1-22-10-12-26-25(20-22)28(29(34(26)3)23-8-6-5-7-9-23)31(38)36-16-14-35(15-17-36)27-13-11-24(21-32-27)30(37)33(2)18-19-39-4/h5-13,20-21H,14-19H2,1-4H3. The van der Waals surface area contributed by atoms with Gasteiger partial charge in [0.15, 0.2) is 0 Å². The highest BCUT2D eigenvalue weighted by Crippen LogP contribution is 2.35. The molecule has 1 aliphatic heterocycles. The summed E-state index contributed by atoms with van der Waals surface area (Å²) in [5.41, 5.74) is 5.46. The lowest BCUT2D eigenvalue weighted by Gasteiger charge is -2.35. The zero-order chi connectivity index (χ0) is 27.5. The lowest BCUT2D eigenvalue weighted by Crippen LogP contribution is -2.49. The van der Waals surface area contributed by atoms with E-state index in [-0.39, 0.29) is 11.8 Å². The second kappa shape index (κ2) is 11.3. The normalized spacial score (nSPS) is 13.6. The van der Waals surface area contributed by atoms with E-state index in [4.69, 9.17) is 4.74 Å². The molecule has 202 valence electrons. The molecule has 0 saturated carbocycles. The van der Waals surface area contributed by atoms with E-state index in [0.717, 1.165) is 39.1 Å². The van der Waals surface area contributed by atoms with Crippen LogP contribution in [0, 0.1) is 6.92 Å². The van der Waals surface area contributed by atoms with Crippen LogP contribution in [0.5, 0.6) is 0 Å². The lowest BCUT2D eigenvalue weighted by molar-refractivity contribution is 0.0738. The monoisotopic (exact) mass is 525 g/mol. The quantitative estimate of drug-likeness (QED) is 0.361. The molecule has 3 heterocycles. The van der Waals surface area contributed by atoms with Crippen LogP contribution in [0.2, 0.25) is 0 Å². The van der Waals surface area contributed by atoms with E-state index < -0.39 is 0 Å². The summed E-state index contributed by atoms with van der Waals surface area (Å²) in [6, 6.07) is 20.1. The number of amides is 2. The van der Waals surface area contributed by atoms with Crippen molar-refractivity contribution in [3.05, 3.63) is 83.6 Å². The zero-order valence-corrected chi connectivity index (χ0v) is 23.1. The van der Waals surface area contributed by atoms with E-state index in [0.29, 0.717) is 44.9 Å². The minimum absolute atomic E-state index is 0.0534. The van der Waals surface area contributed by atoms with Gasteiger partial charge in [-0.05, 0) is 36.8 Å². The van der Waals surface area contributed by atoms with Crippen LogP contribution in [0.1, 0.15) is 26.3 Å². The number of likely N-dealkylation sites (N-methyl/N-ethyl adjacent to an activating group) is 1. The molecule has 2 amide bonds. The van der Waals surface area contributed by atoms with Crippen LogP contribution in [-0.2, 0) is 11.8 Å². The number of ether oxygens (including phenoxy) is 1. The Morgan fingerprint density at radius 3 is 2.41 bits per heavy atom. The number of carbonyl (C=O) groups is 2. The van der Waals surface area contributed by atoms with Crippen molar-refractivity contribution >= 4 is 28.5 Å². The molecule has 39 heavy (non-hydrogen) atoms. The number of fused-ring (bicyclic) bond motifs is 1. The Morgan fingerprint density at radius 1 is 1.00 bits per heavy atom. The van der Waals surface area contributed by atoms with Gasteiger partial charge < -0.3 is 24.0 Å². The number of methoxy groups -OCH3 is 1. The van der Waals surface area contributed by atoms with Crippen molar-refractivity contribution in [1.29, 1.82) is 0 Å². The Labute approximate surface area is 229 Å². The maximum Gasteiger partial charge on any atom is 0.256 e. The maximum absolute atomic E-state index is 14.1. The zero-order valence-electron chi connectivity index (χ0n) is 23.1. The van der Waals surface area contributed by atoms with Crippen molar-refractivity contribution in [2.24, 2.45) is 7.05 Å². The predicted molar refractivity (Wildman–Crippen MR) is 154 cm³/mol. The summed E-state index contributed by atoms with van der Waals surface area (Å²) < 4.78 is 7.19. The third-order valence-corrected chi connectivity index (χ3v) is 7.48. The number of anilines is 1. The summed E-state index contributed by atoms with van der Waals surface area (Å²) >= 11 is 0. The third kappa shape index (κ3) is 5.25. The molecular formula is C31H35N5O3. The summed E-state index contributed by atoms with van der Waals surface area (Å²) in [6.07, 6.45) is 1.63. The van der Waals surface area contributed by atoms with Gasteiger partial charge in [-0.3, -0.25) is 9.59 Å². The van der Waals surface area contributed by atoms with Crippen LogP contribution in [0.25, 0.3) is 22.2 Å². The molecule has 2 aromatic heterocycles. The highest BCUT2D eigenvalue weighted by atomic mass is 16.5. The maximum atomic E-state index is 14.1. The smallest absolute Gasteiger partial charge is 0.256 e. The molecule has 0 spiro atoms. The summed E-state index contributed by atoms with van der Waals surface area (Å²) in [4.78, 5) is 37.0. The second-order valence-corrected chi connectivity index (χ2v) is 10.1. The van der Waals surface area contributed by atoms with Crippen LogP contribution in [-0.4, -0.2) is 84.7 Å². The van der Waals surface area contributed by atoms with E-state index in [1.54, 1.807) is 25.3 Å². The number of hydrogen-bond acceptors (Lipinski definition) is 5. The van der Waals surface area contributed by atoms with Gasteiger partial charge in [0.2, 0.25) is 0 Å². The van der Waals surface area contributed by atoms with E-state index in [1.165, 1.54) is 0 Å². The lowest BCUT2D eigenvalue weighted by atomic mass is 10.0. The Kier molecular flexibility index (Phi) is 7.65. The molecular weight excluding hydrogens is 490 g/mol. The largest absolute Gasteiger partial charge is 0.383 e. The van der Waals surface area contributed by atoms with Crippen LogP contribution in [0.4, 0.5) is 5.82 Å². The third-order valence-electron chi connectivity index (χ3n) is 7.48. The van der Waals surface area contributed by atoms with E-state index in [1.807, 2.05) is 42.3 Å². The van der Waals surface area contributed by atoms with E-state index in [2.05, 4.69) is 51.7 Å². The molecule has 0 unspecified atom stereocenters. The minimum atomic E-state index is -0.0824. The number of aromatic nitrogens is 2. The number of aryl methyl sites for hydroxylation is 2. The first-order chi connectivity index (χ1) is 18.9. The number of pyridine rings is 1. The molecule has 8 heteroatoms. The molecule has 1 aliphatic rings. The van der Waals surface area contributed by atoms with Crippen LogP contribution in [0.15, 0.2) is 66.9 Å². The predicted octanol–water partition coefficient (Wildman–Crippen LogP) is 4.23. The summed E-state index contributed by atoms with van der Waals surface area (Å²) in [5.74, 6) is 0.780. The summed E-state index contributed by atoms with van der Waals surface area (Å²) in [6.45, 7) is 5.60. The van der Waals surface area contributed by atoms with Gasteiger partial charge in [0, 0.05) is 71.0 Å². The average Bonchev–Trinajstić information content (AvgIpc) is 3.26. The number of hydrogen-bond donors (Lipinski definition) is 0. The highest BCUT2D eigenvalue weighted by Gasteiger charge is 2.29. The number of nitrogens with zero attached hydrogens (tertiary/aromatic N) is 5. The first-order valence-corrected chi connectivity index (χ1v) is 13.3.